The van der Waals surface area contributed by atoms with E-state index in [-0.39, 0.29) is 73.2 Å². The Hall–Kier alpha value is -3.75. The smallest absolute Gasteiger partial charge is 0.410 e. The highest BCUT2D eigenvalue weighted by Gasteiger charge is 2.53. The van der Waals surface area contributed by atoms with E-state index in [4.69, 9.17) is 50.2 Å². The van der Waals surface area contributed by atoms with E-state index in [1.807, 2.05) is 25.7 Å². The molecule has 53 heavy (non-hydrogen) atoms. The van der Waals surface area contributed by atoms with Crippen LogP contribution in [-0.4, -0.2) is 113 Å². The number of fused-ring (bicyclic) bond motifs is 6. The maximum atomic E-state index is 17.4. The number of ether oxygens (including phenoxy) is 5. The molecule has 5 fully saturated rings. The monoisotopic (exact) mass is 754 g/mol. The Balaban J connectivity index is 1.17. The number of aromatic nitrogens is 3. The van der Waals surface area contributed by atoms with Gasteiger partial charge in [-0.05, 0) is 89.5 Å². The molecule has 12 nitrogen and oxygen atoms in total. The van der Waals surface area contributed by atoms with Crippen LogP contribution >= 0.6 is 11.6 Å². The molecule has 0 spiro atoms. The standard InChI is InChI=1S/C38H45ClF2N6O6/c1-37(2,3)53-36(48)47-22-8-9-26(47)27-17-50-34-29-32(30(41)31(42-34)24-12-23(52-19-49-4)13-25(39)28(24)20-6-7-20)43-35(44-33(29)46(27)16-22)51-18-38-10-5-11-45(38)15-21(40)14-38/h12-13,20-22,26-27H,5-11,14-19H2,1-4H3/t21-,22+,26-,27-,38-/m0/s1. The summed E-state index contributed by atoms with van der Waals surface area (Å²) in [5.41, 5.74) is 0.204. The molecule has 1 aromatic carbocycles. The summed E-state index contributed by atoms with van der Waals surface area (Å²) in [7, 11) is 1.52. The molecule has 7 heterocycles. The number of benzene rings is 1. The zero-order valence-electron chi connectivity index (χ0n) is 30.5. The average molecular weight is 755 g/mol. The molecule has 5 aliphatic heterocycles. The van der Waals surface area contributed by atoms with Crippen LogP contribution in [0.25, 0.3) is 22.2 Å². The highest BCUT2D eigenvalue weighted by atomic mass is 35.5. The fourth-order valence-electron chi connectivity index (χ4n) is 9.34. The number of halogens is 3. The van der Waals surface area contributed by atoms with Crippen LogP contribution < -0.4 is 19.1 Å². The Morgan fingerprint density at radius 2 is 1.92 bits per heavy atom. The molecule has 1 amide bonds. The summed E-state index contributed by atoms with van der Waals surface area (Å²) in [6, 6.07) is 2.73. The highest BCUT2D eigenvalue weighted by Crippen LogP contribution is 2.51. The summed E-state index contributed by atoms with van der Waals surface area (Å²) in [6.45, 7) is 7.52. The molecule has 9 rings (SSSR count). The summed E-state index contributed by atoms with van der Waals surface area (Å²) in [6.07, 6.45) is 4.20. The van der Waals surface area contributed by atoms with Gasteiger partial charge >= 0.3 is 12.1 Å². The number of carbonyl (C=O) groups is 1. The third-order valence-electron chi connectivity index (χ3n) is 11.7. The third-order valence-corrected chi connectivity index (χ3v) is 12.0. The largest absolute Gasteiger partial charge is 0.475 e. The molecule has 4 saturated heterocycles. The molecule has 1 aliphatic carbocycles. The molecule has 0 unspecified atom stereocenters. The number of nitrogens with zero attached hydrogens (tertiary/aromatic N) is 6. The number of rotatable bonds is 8. The van der Waals surface area contributed by atoms with Gasteiger partial charge in [0.25, 0.3) is 0 Å². The molecule has 6 aliphatic rings. The van der Waals surface area contributed by atoms with Crippen LogP contribution in [0.4, 0.5) is 19.4 Å². The van der Waals surface area contributed by atoms with Gasteiger partial charge in [-0.1, -0.05) is 11.6 Å². The molecule has 284 valence electrons. The van der Waals surface area contributed by atoms with Crippen LogP contribution in [0.2, 0.25) is 5.02 Å². The first-order valence-electron chi connectivity index (χ1n) is 18.7. The molecule has 3 aromatic rings. The highest BCUT2D eigenvalue weighted by molar-refractivity contribution is 6.32. The second-order valence-corrected chi connectivity index (χ2v) is 16.8. The Morgan fingerprint density at radius 3 is 2.70 bits per heavy atom. The van der Waals surface area contributed by atoms with Gasteiger partial charge in [0, 0.05) is 37.2 Å². The quantitative estimate of drug-likeness (QED) is 0.231. The number of carbonyl (C=O) groups excluding carboxylic acids is 1. The second-order valence-electron chi connectivity index (χ2n) is 16.4. The van der Waals surface area contributed by atoms with Crippen molar-refractivity contribution in [3.63, 3.8) is 0 Å². The van der Waals surface area contributed by atoms with Gasteiger partial charge in [0.1, 0.15) is 53.2 Å². The number of hydrogen-bond acceptors (Lipinski definition) is 11. The first-order valence-corrected chi connectivity index (χ1v) is 19.1. The van der Waals surface area contributed by atoms with E-state index in [1.54, 1.807) is 12.1 Å². The number of anilines is 1. The molecule has 0 radical (unpaired) electrons. The molecular weight excluding hydrogens is 710 g/mol. The number of piperazine rings is 1. The normalized spacial score (nSPS) is 27.8. The molecule has 2 bridgehead atoms. The summed E-state index contributed by atoms with van der Waals surface area (Å²) in [5, 5.41) is 0.789. The van der Waals surface area contributed by atoms with E-state index in [0.717, 1.165) is 50.6 Å². The lowest BCUT2D eigenvalue weighted by atomic mass is 9.95. The first kappa shape index (κ1) is 35.0. The summed E-state index contributed by atoms with van der Waals surface area (Å²) >= 11 is 6.86. The second kappa shape index (κ2) is 12.9. The fourth-order valence-corrected chi connectivity index (χ4v) is 9.70. The van der Waals surface area contributed by atoms with Crippen molar-refractivity contribution in [2.24, 2.45) is 0 Å². The fraction of sp³-hybridized carbons (Fsp3) is 0.632. The van der Waals surface area contributed by atoms with Crippen molar-refractivity contribution in [3.05, 3.63) is 28.5 Å². The van der Waals surface area contributed by atoms with Crippen molar-refractivity contribution >= 4 is 34.4 Å². The van der Waals surface area contributed by atoms with Crippen LogP contribution in [0.3, 0.4) is 0 Å². The van der Waals surface area contributed by atoms with Crippen LogP contribution in [0, 0.1) is 5.82 Å². The van der Waals surface area contributed by atoms with Crippen LogP contribution in [-0.2, 0) is 9.47 Å². The zero-order valence-corrected chi connectivity index (χ0v) is 31.3. The predicted molar refractivity (Wildman–Crippen MR) is 192 cm³/mol. The minimum Gasteiger partial charge on any atom is -0.475 e. The van der Waals surface area contributed by atoms with E-state index < -0.39 is 23.1 Å². The predicted octanol–water partition coefficient (Wildman–Crippen LogP) is 6.65. The Labute approximate surface area is 312 Å². The average Bonchev–Trinajstić information content (AvgIpc) is 3.72. The van der Waals surface area contributed by atoms with Gasteiger partial charge in [-0.25, -0.2) is 18.6 Å². The summed E-state index contributed by atoms with van der Waals surface area (Å²) in [4.78, 5) is 34.2. The Bertz CT molecular complexity index is 1960. The molecule has 5 atom stereocenters. The van der Waals surface area contributed by atoms with Gasteiger partial charge in [0.05, 0.1) is 23.7 Å². The van der Waals surface area contributed by atoms with Crippen LogP contribution in [0.5, 0.6) is 17.6 Å². The lowest BCUT2D eigenvalue weighted by Crippen LogP contribution is -2.63. The van der Waals surface area contributed by atoms with Crippen LogP contribution in [0.1, 0.15) is 77.2 Å². The molecule has 1 saturated carbocycles. The number of methoxy groups -OCH3 is 1. The van der Waals surface area contributed by atoms with E-state index in [9.17, 15) is 9.18 Å². The van der Waals surface area contributed by atoms with Gasteiger partial charge in [-0.3, -0.25) is 9.80 Å². The van der Waals surface area contributed by atoms with Crippen molar-refractivity contribution in [1.82, 2.24) is 24.8 Å². The topological polar surface area (TPSA) is 112 Å². The van der Waals surface area contributed by atoms with Gasteiger partial charge in [-0.2, -0.15) is 9.97 Å². The van der Waals surface area contributed by atoms with E-state index >= 15 is 4.39 Å². The molecular formula is C38H45ClF2N6O6. The number of amides is 1. The van der Waals surface area contributed by atoms with Crippen molar-refractivity contribution in [1.29, 1.82) is 0 Å². The van der Waals surface area contributed by atoms with Gasteiger partial charge < -0.3 is 28.6 Å². The van der Waals surface area contributed by atoms with Crippen molar-refractivity contribution in [2.45, 2.75) is 107 Å². The number of hydrogen-bond donors (Lipinski definition) is 0. The van der Waals surface area contributed by atoms with E-state index in [2.05, 4.69) is 9.80 Å². The Morgan fingerprint density at radius 1 is 1.09 bits per heavy atom. The van der Waals surface area contributed by atoms with E-state index in [1.165, 1.54) is 7.11 Å². The van der Waals surface area contributed by atoms with E-state index in [0.29, 0.717) is 47.1 Å². The van der Waals surface area contributed by atoms with Crippen LogP contribution in [0.15, 0.2) is 12.1 Å². The molecule has 2 aromatic heterocycles. The number of pyridine rings is 1. The van der Waals surface area contributed by atoms with Crippen molar-refractivity contribution in [2.75, 3.05) is 51.7 Å². The third kappa shape index (κ3) is 6.08. The van der Waals surface area contributed by atoms with Crippen molar-refractivity contribution in [3.8, 4) is 28.9 Å². The summed E-state index contributed by atoms with van der Waals surface area (Å²) in [5.74, 6) is 0.518. The Kier molecular flexibility index (Phi) is 8.54. The van der Waals surface area contributed by atoms with Crippen molar-refractivity contribution < 1.29 is 37.3 Å². The maximum Gasteiger partial charge on any atom is 0.410 e. The number of alkyl halides is 1. The van der Waals surface area contributed by atoms with Gasteiger partial charge in [0.15, 0.2) is 12.6 Å². The minimum atomic E-state index is -0.930. The molecule has 0 N–H and O–H groups in total. The first-order chi connectivity index (χ1) is 25.4. The lowest BCUT2D eigenvalue weighted by Gasteiger charge is -2.46. The zero-order chi connectivity index (χ0) is 36.8. The SMILES string of the molecule is COCOc1cc(Cl)c(C2CC2)c(-c2nc3c4c(nc(OC[C@@]56CCCN5C[C@@H](F)C6)nc4c2F)N2C[C@H]4CC[C@@H]([C@@H]2CO3)N4C(=O)OC(C)(C)C)c1. The van der Waals surface area contributed by atoms with Gasteiger partial charge in [0.2, 0.25) is 5.88 Å². The maximum absolute atomic E-state index is 17.4. The summed E-state index contributed by atoms with van der Waals surface area (Å²) < 4.78 is 61.7. The molecule has 15 heteroatoms. The lowest BCUT2D eigenvalue weighted by molar-refractivity contribution is 0.00537. The van der Waals surface area contributed by atoms with Gasteiger partial charge in [-0.15, -0.1) is 0 Å². The minimum absolute atomic E-state index is 0.00164.